The number of aromatic amines is 1. The average Bonchev–Trinajstić information content (AvgIpc) is 3.16. The van der Waals surface area contributed by atoms with E-state index in [9.17, 15) is 4.79 Å². The van der Waals surface area contributed by atoms with Gasteiger partial charge >= 0.3 is 0 Å². The van der Waals surface area contributed by atoms with Gasteiger partial charge in [0.2, 0.25) is 0 Å². The fraction of sp³-hybridized carbons (Fsp3) is 0.143. The fourth-order valence-electron chi connectivity index (χ4n) is 1.84. The number of H-pyrrole nitrogens is 1. The molecule has 0 fully saturated rings. The van der Waals surface area contributed by atoms with Crippen molar-refractivity contribution in [1.29, 1.82) is 5.26 Å². The Balaban J connectivity index is 1.93. The molecule has 3 rings (SSSR count). The molecule has 0 atom stereocenters. The normalized spacial score (nSPS) is 10.5. The highest BCUT2D eigenvalue weighted by Gasteiger charge is 2.14. The lowest BCUT2D eigenvalue weighted by Crippen LogP contribution is -2.14. The van der Waals surface area contributed by atoms with Crippen molar-refractivity contribution in [3.05, 3.63) is 51.0 Å². The molecule has 0 radical (unpaired) electrons. The van der Waals surface area contributed by atoms with Crippen molar-refractivity contribution in [1.82, 2.24) is 15.1 Å². The first-order valence-electron chi connectivity index (χ1n) is 6.30. The summed E-state index contributed by atoms with van der Waals surface area (Å²) in [6.07, 6.45) is 0. The van der Waals surface area contributed by atoms with Gasteiger partial charge in [-0.05, 0) is 18.4 Å². The van der Waals surface area contributed by atoms with Crippen LogP contribution in [-0.2, 0) is 5.75 Å². The van der Waals surface area contributed by atoms with Gasteiger partial charge in [-0.2, -0.15) is 5.26 Å². The summed E-state index contributed by atoms with van der Waals surface area (Å²) in [5, 5.41) is 15.3. The van der Waals surface area contributed by atoms with Crippen LogP contribution in [0.4, 0.5) is 0 Å². The van der Waals surface area contributed by atoms with E-state index in [1.165, 1.54) is 23.1 Å². The zero-order chi connectivity index (χ0) is 15.5. The molecular formula is C14H10N4O2S2. The summed E-state index contributed by atoms with van der Waals surface area (Å²) in [5.41, 5.74) is 0.813. The average molecular weight is 330 g/mol. The van der Waals surface area contributed by atoms with Gasteiger partial charge in [0.15, 0.2) is 5.16 Å². The second-order valence-corrected chi connectivity index (χ2v) is 6.32. The first kappa shape index (κ1) is 14.6. The van der Waals surface area contributed by atoms with Crippen LogP contribution in [0.5, 0.6) is 0 Å². The molecule has 0 spiro atoms. The smallest absolute Gasteiger partial charge is 0.270 e. The molecule has 0 aromatic carbocycles. The minimum atomic E-state index is -0.433. The fourth-order valence-corrected chi connectivity index (χ4v) is 3.30. The predicted molar refractivity (Wildman–Crippen MR) is 83.7 cm³/mol. The summed E-state index contributed by atoms with van der Waals surface area (Å²) < 4.78 is 5.12. The Hall–Kier alpha value is -2.37. The van der Waals surface area contributed by atoms with Crippen LogP contribution in [0.25, 0.3) is 10.6 Å². The van der Waals surface area contributed by atoms with E-state index in [4.69, 9.17) is 9.78 Å². The van der Waals surface area contributed by atoms with Crippen molar-refractivity contribution in [3.8, 4) is 16.6 Å². The first-order valence-corrected chi connectivity index (χ1v) is 8.17. The van der Waals surface area contributed by atoms with Gasteiger partial charge in [-0.25, -0.2) is 4.98 Å². The standard InChI is InChI=1S/C14H10N4O2S2/c1-8-5-9(20-18-8)7-22-14-16-12(11-3-2-4-21-11)10(6-15)13(19)17-14/h2-5H,7H2,1H3,(H,16,17,19). The number of thiophene rings is 1. The summed E-state index contributed by atoms with van der Waals surface area (Å²) >= 11 is 2.76. The number of aryl methyl sites for hydroxylation is 1. The van der Waals surface area contributed by atoms with Crippen molar-refractivity contribution in [2.45, 2.75) is 17.8 Å². The van der Waals surface area contributed by atoms with Crippen LogP contribution in [0.1, 0.15) is 17.0 Å². The number of hydrogen-bond donors (Lipinski definition) is 1. The lowest BCUT2D eigenvalue weighted by Gasteiger charge is -2.03. The number of hydrogen-bond acceptors (Lipinski definition) is 7. The Labute approximate surface area is 133 Å². The van der Waals surface area contributed by atoms with E-state index in [0.717, 1.165) is 10.6 Å². The summed E-state index contributed by atoms with van der Waals surface area (Å²) in [6, 6.07) is 7.44. The van der Waals surface area contributed by atoms with Gasteiger partial charge in [0, 0.05) is 6.07 Å². The van der Waals surface area contributed by atoms with E-state index >= 15 is 0 Å². The van der Waals surface area contributed by atoms with Crippen LogP contribution in [0, 0.1) is 18.3 Å². The second kappa shape index (κ2) is 6.17. The maximum Gasteiger partial charge on any atom is 0.270 e. The monoisotopic (exact) mass is 330 g/mol. The van der Waals surface area contributed by atoms with E-state index in [1.807, 2.05) is 36.6 Å². The molecule has 3 heterocycles. The van der Waals surface area contributed by atoms with Crippen molar-refractivity contribution < 1.29 is 4.52 Å². The Morgan fingerprint density at radius 1 is 1.55 bits per heavy atom. The molecule has 1 N–H and O–H groups in total. The third-order valence-corrected chi connectivity index (χ3v) is 4.56. The van der Waals surface area contributed by atoms with Gasteiger partial charge in [-0.15, -0.1) is 11.3 Å². The molecule has 6 nitrogen and oxygen atoms in total. The first-order chi connectivity index (χ1) is 10.7. The van der Waals surface area contributed by atoms with Gasteiger partial charge in [-0.3, -0.25) is 4.79 Å². The maximum atomic E-state index is 12.0. The van der Waals surface area contributed by atoms with E-state index in [2.05, 4.69) is 15.1 Å². The molecule has 0 saturated heterocycles. The van der Waals surface area contributed by atoms with E-state index in [1.54, 1.807) is 0 Å². The molecular weight excluding hydrogens is 320 g/mol. The molecule has 0 aliphatic heterocycles. The third-order valence-electron chi connectivity index (χ3n) is 2.79. The minimum Gasteiger partial charge on any atom is -0.360 e. The van der Waals surface area contributed by atoms with Gasteiger partial charge in [0.05, 0.1) is 16.3 Å². The molecule has 110 valence electrons. The van der Waals surface area contributed by atoms with Gasteiger partial charge in [-0.1, -0.05) is 23.0 Å². The lowest BCUT2D eigenvalue weighted by molar-refractivity contribution is 0.391. The quantitative estimate of drug-likeness (QED) is 0.583. The van der Waals surface area contributed by atoms with Crippen molar-refractivity contribution in [3.63, 3.8) is 0 Å². The molecule has 22 heavy (non-hydrogen) atoms. The van der Waals surface area contributed by atoms with Crippen LogP contribution in [0.15, 0.2) is 38.1 Å². The van der Waals surface area contributed by atoms with E-state index in [0.29, 0.717) is 22.4 Å². The number of rotatable bonds is 4. The summed E-state index contributed by atoms with van der Waals surface area (Å²) in [6.45, 7) is 1.84. The Kier molecular flexibility index (Phi) is 4.09. The van der Waals surface area contributed by atoms with E-state index in [-0.39, 0.29) is 5.56 Å². The molecule has 0 amide bonds. The third kappa shape index (κ3) is 2.95. The lowest BCUT2D eigenvalue weighted by atomic mass is 10.2. The highest BCUT2D eigenvalue weighted by Crippen LogP contribution is 2.27. The summed E-state index contributed by atoms with van der Waals surface area (Å²) in [7, 11) is 0. The number of nitriles is 1. The molecule has 0 aliphatic rings. The molecule has 8 heteroatoms. The number of nitrogens with zero attached hydrogens (tertiary/aromatic N) is 3. The van der Waals surface area contributed by atoms with Gasteiger partial charge in [0.1, 0.15) is 23.1 Å². The van der Waals surface area contributed by atoms with Crippen LogP contribution in [-0.4, -0.2) is 15.1 Å². The zero-order valence-corrected chi connectivity index (χ0v) is 13.1. The maximum absolute atomic E-state index is 12.0. The molecule has 0 aliphatic carbocycles. The minimum absolute atomic E-state index is 0.0299. The summed E-state index contributed by atoms with van der Waals surface area (Å²) in [4.78, 5) is 19.9. The van der Waals surface area contributed by atoms with Crippen LogP contribution < -0.4 is 5.56 Å². The number of nitrogens with one attached hydrogen (secondary N) is 1. The number of thioether (sulfide) groups is 1. The van der Waals surface area contributed by atoms with Gasteiger partial charge < -0.3 is 9.51 Å². The van der Waals surface area contributed by atoms with Crippen LogP contribution in [0.3, 0.4) is 0 Å². The Morgan fingerprint density at radius 2 is 2.41 bits per heavy atom. The largest absolute Gasteiger partial charge is 0.360 e. The predicted octanol–water partition coefficient (Wildman–Crippen LogP) is 2.96. The Bertz CT molecular complexity index is 890. The molecule has 3 aromatic heterocycles. The van der Waals surface area contributed by atoms with Crippen LogP contribution in [0.2, 0.25) is 0 Å². The van der Waals surface area contributed by atoms with Crippen molar-refractivity contribution in [2.24, 2.45) is 0 Å². The second-order valence-electron chi connectivity index (χ2n) is 4.41. The Morgan fingerprint density at radius 3 is 3.05 bits per heavy atom. The van der Waals surface area contributed by atoms with Crippen molar-refractivity contribution >= 4 is 23.1 Å². The number of aromatic nitrogens is 3. The molecule has 3 aromatic rings. The zero-order valence-electron chi connectivity index (χ0n) is 11.5. The van der Waals surface area contributed by atoms with Crippen LogP contribution >= 0.6 is 23.1 Å². The highest BCUT2D eigenvalue weighted by atomic mass is 32.2. The van der Waals surface area contributed by atoms with Crippen molar-refractivity contribution in [2.75, 3.05) is 0 Å². The highest BCUT2D eigenvalue weighted by molar-refractivity contribution is 7.98. The molecule has 0 saturated carbocycles. The van der Waals surface area contributed by atoms with Gasteiger partial charge in [0.25, 0.3) is 5.56 Å². The molecule has 0 bridgehead atoms. The van der Waals surface area contributed by atoms with E-state index < -0.39 is 5.56 Å². The summed E-state index contributed by atoms with van der Waals surface area (Å²) in [5.74, 6) is 1.20. The molecule has 0 unspecified atom stereocenters. The SMILES string of the molecule is Cc1cc(CSc2nc(-c3cccs3)c(C#N)c(=O)[nH]2)on1. The topological polar surface area (TPSA) is 95.6 Å².